The highest BCUT2D eigenvalue weighted by Gasteiger charge is 2.34. The number of fused-ring (bicyclic) bond motifs is 1. The molecular formula is C16H15N3O4S. The molecule has 1 aromatic carbocycles. The van der Waals surface area contributed by atoms with Crippen LogP contribution in [0.1, 0.15) is 46.0 Å². The molecule has 1 aliphatic carbocycles. The van der Waals surface area contributed by atoms with E-state index in [4.69, 9.17) is 0 Å². The molecule has 0 spiro atoms. The van der Waals surface area contributed by atoms with Crippen molar-refractivity contribution in [1.29, 1.82) is 0 Å². The first-order valence-corrected chi connectivity index (χ1v) is 8.16. The summed E-state index contributed by atoms with van der Waals surface area (Å²) in [6.07, 6.45) is 1.10. The minimum absolute atomic E-state index is 0.0185. The van der Waals surface area contributed by atoms with Gasteiger partial charge in [0.05, 0.1) is 15.5 Å². The molecule has 1 aromatic heterocycles. The van der Waals surface area contributed by atoms with Crippen LogP contribution in [-0.2, 0) is 6.42 Å². The van der Waals surface area contributed by atoms with Crippen LogP contribution in [0.25, 0.3) is 0 Å². The van der Waals surface area contributed by atoms with Gasteiger partial charge in [0, 0.05) is 12.5 Å². The number of aromatic nitrogens is 1. The van der Waals surface area contributed by atoms with Crippen LogP contribution in [0.5, 0.6) is 0 Å². The second-order valence-electron chi connectivity index (χ2n) is 6.46. The number of nitro groups is 1. The number of nitrogens with zero attached hydrogens (tertiary/aromatic N) is 2. The predicted octanol–water partition coefficient (Wildman–Crippen LogP) is 3.46. The van der Waals surface area contributed by atoms with E-state index in [1.165, 1.54) is 18.2 Å². The number of ketones is 1. The Morgan fingerprint density at radius 3 is 2.75 bits per heavy atom. The van der Waals surface area contributed by atoms with Gasteiger partial charge in [-0.05, 0) is 17.9 Å². The molecular weight excluding hydrogens is 330 g/mol. The first-order chi connectivity index (χ1) is 11.3. The number of amides is 1. The van der Waals surface area contributed by atoms with Gasteiger partial charge in [0.1, 0.15) is 5.56 Å². The van der Waals surface area contributed by atoms with Crippen LogP contribution in [-0.4, -0.2) is 21.6 Å². The molecule has 1 N–H and O–H groups in total. The third-order valence-electron chi connectivity index (χ3n) is 3.80. The Kier molecular flexibility index (Phi) is 3.92. The summed E-state index contributed by atoms with van der Waals surface area (Å²) >= 11 is 1.12. The fourth-order valence-electron chi connectivity index (χ4n) is 2.76. The number of rotatable bonds is 3. The summed E-state index contributed by atoms with van der Waals surface area (Å²) in [6.45, 7) is 4.00. The van der Waals surface area contributed by atoms with Crippen LogP contribution in [0.15, 0.2) is 24.3 Å². The molecule has 1 heterocycles. The van der Waals surface area contributed by atoms with Crippen molar-refractivity contribution in [3.63, 3.8) is 0 Å². The van der Waals surface area contributed by atoms with Crippen LogP contribution in [0.3, 0.4) is 0 Å². The van der Waals surface area contributed by atoms with E-state index >= 15 is 0 Å². The van der Waals surface area contributed by atoms with E-state index in [0.29, 0.717) is 23.4 Å². The summed E-state index contributed by atoms with van der Waals surface area (Å²) in [6, 6.07) is 5.71. The lowest BCUT2D eigenvalue weighted by molar-refractivity contribution is -0.385. The molecule has 7 nitrogen and oxygen atoms in total. The van der Waals surface area contributed by atoms with E-state index in [1.807, 2.05) is 13.8 Å². The molecule has 8 heteroatoms. The van der Waals surface area contributed by atoms with Crippen LogP contribution in [0.4, 0.5) is 10.8 Å². The van der Waals surface area contributed by atoms with Gasteiger partial charge in [-0.2, -0.15) is 0 Å². The summed E-state index contributed by atoms with van der Waals surface area (Å²) in [4.78, 5) is 39.8. The van der Waals surface area contributed by atoms with Gasteiger partial charge in [-0.25, -0.2) is 4.98 Å². The number of hydrogen-bond donors (Lipinski definition) is 1. The van der Waals surface area contributed by atoms with Gasteiger partial charge in [0.25, 0.3) is 11.6 Å². The van der Waals surface area contributed by atoms with Crippen molar-refractivity contribution in [2.45, 2.75) is 26.7 Å². The summed E-state index contributed by atoms with van der Waals surface area (Å²) < 4.78 is 0. The van der Waals surface area contributed by atoms with E-state index in [9.17, 15) is 19.7 Å². The summed E-state index contributed by atoms with van der Waals surface area (Å²) in [5.74, 6) is -0.593. The molecule has 0 saturated heterocycles. The lowest BCUT2D eigenvalue weighted by Crippen LogP contribution is -2.26. The van der Waals surface area contributed by atoms with Crippen molar-refractivity contribution in [3.8, 4) is 0 Å². The largest absolute Gasteiger partial charge is 0.298 e. The number of thiazole rings is 1. The maximum absolute atomic E-state index is 12.3. The minimum Gasteiger partial charge on any atom is -0.298 e. The average molecular weight is 345 g/mol. The quantitative estimate of drug-likeness (QED) is 0.678. The zero-order chi connectivity index (χ0) is 17.5. The molecule has 124 valence electrons. The second-order valence-corrected chi connectivity index (χ2v) is 7.46. The monoisotopic (exact) mass is 345 g/mol. The fraction of sp³-hybridized carbons (Fsp3) is 0.312. The number of benzene rings is 1. The molecule has 1 amide bonds. The molecule has 0 bridgehead atoms. The highest BCUT2D eigenvalue weighted by atomic mass is 32.1. The Balaban J connectivity index is 1.87. The number of para-hydroxylation sites is 1. The Labute approximate surface area is 141 Å². The molecule has 0 atom stereocenters. The third-order valence-corrected chi connectivity index (χ3v) is 4.86. The van der Waals surface area contributed by atoms with Gasteiger partial charge >= 0.3 is 0 Å². The average Bonchev–Trinajstić information content (AvgIpc) is 2.88. The van der Waals surface area contributed by atoms with E-state index in [0.717, 1.165) is 11.3 Å². The molecule has 0 saturated carbocycles. The van der Waals surface area contributed by atoms with Crippen molar-refractivity contribution < 1.29 is 14.5 Å². The SMILES string of the molecule is CC1(C)CC(=O)c2sc(NC(=O)c3ccccc3[N+](=O)[O-])nc2C1. The van der Waals surface area contributed by atoms with E-state index < -0.39 is 10.8 Å². The lowest BCUT2D eigenvalue weighted by atomic mass is 9.78. The smallest absolute Gasteiger partial charge is 0.282 e. The predicted molar refractivity (Wildman–Crippen MR) is 89.6 cm³/mol. The molecule has 1 aliphatic rings. The first kappa shape index (κ1) is 16.3. The van der Waals surface area contributed by atoms with Crippen LogP contribution < -0.4 is 5.32 Å². The maximum Gasteiger partial charge on any atom is 0.282 e. The number of carbonyl (C=O) groups excluding carboxylic acids is 2. The Bertz CT molecular complexity index is 857. The zero-order valence-electron chi connectivity index (χ0n) is 13.2. The second kappa shape index (κ2) is 5.79. The summed E-state index contributed by atoms with van der Waals surface area (Å²) in [5, 5.41) is 13.9. The molecule has 0 radical (unpaired) electrons. The number of nitrogens with one attached hydrogen (secondary N) is 1. The van der Waals surface area contributed by atoms with Crippen molar-refractivity contribution in [2.75, 3.05) is 5.32 Å². The molecule has 0 fully saturated rings. The Hall–Kier alpha value is -2.61. The van der Waals surface area contributed by atoms with E-state index in [-0.39, 0.29) is 27.6 Å². The van der Waals surface area contributed by atoms with Gasteiger partial charge in [0.2, 0.25) is 0 Å². The van der Waals surface area contributed by atoms with Gasteiger partial charge in [0.15, 0.2) is 10.9 Å². The van der Waals surface area contributed by atoms with E-state index in [2.05, 4.69) is 10.3 Å². The number of anilines is 1. The van der Waals surface area contributed by atoms with Gasteiger partial charge < -0.3 is 0 Å². The summed E-state index contributed by atoms with van der Waals surface area (Å²) in [5.41, 5.74) is 0.215. The van der Waals surface area contributed by atoms with Crippen molar-refractivity contribution in [2.24, 2.45) is 5.41 Å². The van der Waals surface area contributed by atoms with E-state index in [1.54, 1.807) is 6.07 Å². The molecule has 24 heavy (non-hydrogen) atoms. The number of nitro benzene ring substituents is 1. The summed E-state index contributed by atoms with van der Waals surface area (Å²) in [7, 11) is 0. The molecule has 0 aliphatic heterocycles. The zero-order valence-corrected chi connectivity index (χ0v) is 14.0. The first-order valence-electron chi connectivity index (χ1n) is 7.34. The van der Waals surface area contributed by atoms with Crippen LogP contribution in [0, 0.1) is 15.5 Å². The number of carbonyl (C=O) groups is 2. The number of Topliss-reactive ketones (excluding diaryl/α,β-unsaturated/α-hetero) is 1. The van der Waals surface area contributed by atoms with Crippen molar-refractivity contribution in [3.05, 3.63) is 50.5 Å². The van der Waals surface area contributed by atoms with Crippen LogP contribution in [0.2, 0.25) is 0 Å². The van der Waals surface area contributed by atoms with Gasteiger partial charge in [-0.15, -0.1) is 0 Å². The van der Waals surface area contributed by atoms with Gasteiger partial charge in [-0.3, -0.25) is 25.0 Å². The Morgan fingerprint density at radius 2 is 2.04 bits per heavy atom. The molecule has 3 rings (SSSR count). The maximum atomic E-state index is 12.3. The normalized spacial score (nSPS) is 15.7. The fourth-order valence-corrected chi connectivity index (χ4v) is 3.68. The molecule has 0 unspecified atom stereocenters. The highest BCUT2D eigenvalue weighted by molar-refractivity contribution is 7.17. The van der Waals surface area contributed by atoms with Crippen molar-refractivity contribution in [1.82, 2.24) is 4.98 Å². The number of hydrogen-bond acceptors (Lipinski definition) is 6. The third kappa shape index (κ3) is 3.05. The van der Waals surface area contributed by atoms with Gasteiger partial charge in [-0.1, -0.05) is 37.3 Å². The Morgan fingerprint density at radius 1 is 1.33 bits per heavy atom. The standard InChI is InChI=1S/C16H15N3O4S/c1-16(2)7-10-13(12(20)8-16)24-15(17-10)18-14(21)9-5-3-4-6-11(9)19(22)23/h3-6H,7-8H2,1-2H3,(H,17,18,21). The van der Waals surface area contributed by atoms with Crippen molar-refractivity contribution >= 4 is 33.8 Å². The minimum atomic E-state index is -0.611. The molecule has 2 aromatic rings. The highest BCUT2D eigenvalue weighted by Crippen LogP contribution is 2.38. The topological polar surface area (TPSA) is 102 Å². The lowest BCUT2D eigenvalue weighted by Gasteiger charge is -2.26. The van der Waals surface area contributed by atoms with Crippen LogP contribution >= 0.6 is 11.3 Å².